The Bertz CT molecular complexity index is 786. The monoisotopic (exact) mass is 293 g/mol. The number of fused-ring (bicyclic) bond motifs is 1. The molecule has 0 aliphatic rings. The Hall–Kier alpha value is -2.42. The quantitative estimate of drug-likeness (QED) is 0.649. The predicted octanol–water partition coefficient (Wildman–Crippen LogP) is 4.48. The molecule has 22 heavy (non-hydrogen) atoms. The van der Waals surface area contributed by atoms with Crippen molar-refractivity contribution in [2.24, 2.45) is 0 Å². The molecule has 3 heteroatoms. The fourth-order valence-corrected chi connectivity index (χ4v) is 2.92. The van der Waals surface area contributed by atoms with Crippen molar-refractivity contribution in [3.8, 4) is 0 Å². The fourth-order valence-electron chi connectivity index (χ4n) is 2.92. The number of H-pyrrole nitrogens is 1. The number of anilines is 2. The maximum atomic E-state index is 3.54. The minimum Gasteiger partial charge on any atom is -0.388 e. The summed E-state index contributed by atoms with van der Waals surface area (Å²) in [4.78, 5) is 3.40. The summed E-state index contributed by atoms with van der Waals surface area (Å²) >= 11 is 0. The van der Waals surface area contributed by atoms with Gasteiger partial charge < -0.3 is 15.6 Å². The summed E-state index contributed by atoms with van der Waals surface area (Å²) in [7, 11) is 1.95. The molecule has 1 heterocycles. The predicted molar refractivity (Wildman–Crippen MR) is 96.0 cm³/mol. The van der Waals surface area contributed by atoms with Gasteiger partial charge in [-0.15, -0.1) is 0 Å². The van der Waals surface area contributed by atoms with Gasteiger partial charge in [-0.2, -0.15) is 0 Å². The van der Waals surface area contributed by atoms with E-state index < -0.39 is 0 Å². The number of aromatic amines is 1. The van der Waals surface area contributed by atoms with Crippen molar-refractivity contribution < 1.29 is 0 Å². The lowest BCUT2D eigenvalue weighted by Gasteiger charge is -2.11. The summed E-state index contributed by atoms with van der Waals surface area (Å²) in [5.74, 6) is 0. The van der Waals surface area contributed by atoms with Crippen LogP contribution in [0.15, 0.2) is 42.6 Å². The van der Waals surface area contributed by atoms with E-state index in [0.29, 0.717) is 0 Å². The van der Waals surface area contributed by atoms with Gasteiger partial charge in [-0.3, -0.25) is 0 Å². The lowest BCUT2D eigenvalue weighted by atomic mass is 10.1. The standard InChI is InChI=1S/C19H23N3/c1-13-5-4-6-17-15(12-22-19(13)17)9-10-21-18-8-7-16(20-3)11-14(18)2/h4-8,11-12,20-22H,9-10H2,1-3H3. The first-order valence-corrected chi connectivity index (χ1v) is 7.77. The van der Waals surface area contributed by atoms with Crippen molar-refractivity contribution in [2.75, 3.05) is 24.2 Å². The summed E-state index contributed by atoms with van der Waals surface area (Å²) in [5, 5.41) is 8.04. The molecule has 3 aromatic rings. The first-order chi connectivity index (χ1) is 10.7. The second-order valence-corrected chi connectivity index (χ2v) is 5.77. The maximum absolute atomic E-state index is 3.54. The molecule has 0 amide bonds. The Morgan fingerprint density at radius 2 is 1.91 bits per heavy atom. The van der Waals surface area contributed by atoms with Crippen LogP contribution in [-0.2, 0) is 6.42 Å². The molecule has 2 aromatic carbocycles. The van der Waals surface area contributed by atoms with Crippen LogP contribution in [0.3, 0.4) is 0 Å². The molecular formula is C19H23N3. The number of hydrogen-bond acceptors (Lipinski definition) is 2. The van der Waals surface area contributed by atoms with Gasteiger partial charge in [0.1, 0.15) is 0 Å². The molecule has 1 aromatic heterocycles. The van der Waals surface area contributed by atoms with Gasteiger partial charge in [0.2, 0.25) is 0 Å². The van der Waals surface area contributed by atoms with Crippen molar-refractivity contribution in [3.63, 3.8) is 0 Å². The SMILES string of the molecule is CNc1ccc(NCCc2c[nH]c3c(C)cccc23)c(C)c1. The Balaban J connectivity index is 1.69. The van der Waals surface area contributed by atoms with Crippen LogP contribution in [0.1, 0.15) is 16.7 Å². The van der Waals surface area contributed by atoms with E-state index >= 15 is 0 Å². The summed E-state index contributed by atoms with van der Waals surface area (Å²) in [6, 6.07) is 12.9. The third kappa shape index (κ3) is 2.80. The number of nitrogens with one attached hydrogen (secondary N) is 3. The van der Waals surface area contributed by atoms with E-state index in [-0.39, 0.29) is 0 Å². The summed E-state index contributed by atoms with van der Waals surface area (Å²) < 4.78 is 0. The van der Waals surface area contributed by atoms with E-state index in [0.717, 1.165) is 18.7 Å². The van der Waals surface area contributed by atoms with Crippen LogP contribution in [-0.4, -0.2) is 18.6 Å². The third-order valence-electron chi connectivity index (χ3n) is 4.23. The zero-order valence-electron chi connectivity index (χ0n) is 13.5. The molecule has 0 bridgehead atoms. The average Bonchev–Trinajstić information content (AvgIpc) is 2.93. The van der Waals surface area contributed by atoms with Gasteiger partial charge in [-0.05, 0) is 55.2 Å². The van der Waals surface area contributed by atoms with Crippen LogP contribution in [0.5, 0.6) is 0 Å². The summed E-state index contributed by atoms with van der Waals surface area (Å²) in [6.45, 7) is 5.21. The molecule has 0 saturated carbocycles. The van der Waals surface area contributed by atoms with Crippen molar-refractivity contribution in [3.05, 3.63) is 59.3 Å². The second-order valence-electron chi connectivity index (χ2n) is 5.77. The molecule has 3 N–H and O–H groups in total. The van der Waals surface area contributed by atoms with E-state index in [9.17, 15) is 0 Å². The van der Waals surface area contributed by atoms with Gasteiger partial charge in [0.25, 0.3) is 0 Å². The maximum Gasteiger partial charge on any atom is 0.0486 e. The van der Waals surface area contributed by atoms with Gasteiger partial charge in [0, 0.05) is 42.1 Å². The van der Waals surface area contributed by atoms with Gasteiger partial charge in [0.05, 0.1) is 0 Å². The van der Waals surface area contributed by atoms with Crippen molar-refractivity contribution in [2.45, 2.75) is 20.3 Å². The van der Waals surface area contributed by atoms with Gasteiger partial charge in [-0.1, -0.05) is 18.2 Å². The highest BCUT2D eigenvalue weighted by atomic mass is 14.9. The molecule has 0 spiro atoms. The van der Waals surface area contributed by atoms with Crippen molar-refractivity contribution in [1.82, 2.24) is 4.98 Å². The second kappa shape index (κ2) is 6.14. The normalized spacial score (nSPS) is 10.9. The highest BCUT2D eigenvalue weighted by Gasteiger charge is 2.05. The molecular weight excluding hydrogens is 270 g/mol. The summed E-state index contributed by atoms with van der Waals surface area (Å²) in [6.07, 6.45) is 3.15. The Kier molecular flexibility index (Phi) is 4.05. The molecule has 0 fully saturated rings. The van der Waals surface area contributed by atoms with Crippen LogP contribution >= 0.6 is 0 Å². The molecule has 0 aliphatic carbocycles. The molecule has 3 nitrogen and oxygen atoms in total. The first-order valence-electron chi connectivity index (χ1n) is 7.77. The third-order valence-corrected chi connectivity index (χ3v) is 4.23. The topological polar surface area (TPSA) is 39.8 Å². The molecule has 0 saturated heterocycles. The number of rotatable bonds is 5. The van der Waals surface area contributed by atoms with Crippen LogP contribution in [0.4, 0.5) is 11.4 Å². The summed E-state index contributed by atoms with van der Waals surface area (Å²) in [5.41, 5.74) is 7.55. The largest absolute Gasteiger partial charge is 0.388 e. The van der Waals surface area contributed by atoms with E-state index in [2.05, 4.69) is 72.1 Å². The molecule has 114 valence electrons. The van der Waals surface area contributed by atoms with Gasteiger partial charge in [0.15, 0.2) is 0 Å². The smallest absolute Gasteiger partial charge is 0.0486 e. The first kappa shape index (κ1) is 14.5. The minimum atomic E-state index is 0.931. The van der Waals surface area contributed by atoms with Crippen LogP contribution < -0.4 is 10.6 Å². The number of aryl methyl sites for hydroxylation is 2. The lowest BCUT2D eigenvalue weighted by Crippen LogP contribution is -2.06. The van der Waals surface area contributed by atoms with E-state index in [1.807, 2.05) is 7.05 Å². The fraction of sp³-hybridized carbons (Fsp3) is 0.263. The average molecular weight is 293 g/mol. The van der Waals surface area contributed by atoms with E-state index in [1.165, 1.54) is 33.3 Å². The van der Waals surface area contributed by atoms with E-state index in [1.54, 1.807) is 0 Å². The Morgan fingerprint density at radius 3 is 2.68 bits per heavy atom. The number of para-hydroxylation sites is 1. The zero-order chi connectivity index (χ0) is 15.5. The number of hydrogen-bond donors (Lipinski definition) is 3. The molecule has 3 rings (SSSR count). The van der Waals surface area contributed by atoms with E-state index in [4.69, 9.17) is 0 Å². The number of aromatic nitrogens is 1. The molecule has 0 radical (unpaired) electrons. The number of benzene rings is 2. The van der Waals surface area contributed by atoms with Gasteiger partial charge >= 0.3 is 0 Å². The molecule has 0 atom stereocenters. The molecule has 0 unspecified atom stereocenters. The van der Waals surface area contributed by atoms with Crippen molar-refractivity contribution in [1.29, 1.82) is 0 Å². The highest BCUT2D eigenvalue weighted by molar-refractivity contribution is 5.85. The molecule has 0 aliphatic heterocycles. The Labute approximate surface area is 131 Å². The van der Waals surface area contributed by atoms with Crippen LogP contribution in [0, 0.1) is 13.8 Å². The zero-order valence-corrected chi connectivity index (χ0v) is 13.5. The van der Waals surface area contributed by atoms with Crippen LogP contribution in [0.2, 0.25) is 0 Å². The lowest BCUT2D eigenvalue weighted by molar-refractivity contribution is 1.03. The Morgan fingerprint density at radius 1 is 1.05 bits per heavy atom. The van der Waals surface area contributed by atoms with Crippen LogP contribution in [0.25, 0.3) is 10.9 Å². The highest BCUT2D eigenvalue weighted by Crippen LogP contribution is 2.22. The van der Waals surface area contributed by atoms with Gasteiger partial charge in [-0.25, -0.2) is 0 Å². The van der Waals surface area contributed by atoms with Crippen molar-refractivity contribution >= 4 is 22.3 Å². The minimum absolute atomic E-state index is 0.931.